The number of aryl methyl sites for hydroxylation is 1. The maximum atomic E-state index is 12.1. The van der Waals surface area contributed by atoms with Crippen molar-refractivity contribution in [2.45, 2.75) is 6.92 Å². The average molecular weight is 388 g/mol. The molecule has 8 heteroatoms. The highest BCUT2D eigenvalue weighted by Gasteiger charge is 2.13. The normalized spacial score (nSPS) is 10.4. The number of halogens is 1. The number of carbonyl (C=O) groups excluding carboxylic acids is 1. The van der Waals surface area contributed by atoms with Crippen LogP contribution >= 0.6 is 15.9 Å². The van der Waals surface area contributed by atoms with Crippen LogP contribution in [-0.4, -0.2) is 27.6 Å². The monoisotopic (exact) mass is 387 g/mol. The third kappa shape index (κ3) is 3.96. The summed E-state index contributed by atoms with van der Waals surface area (Å²) in [5.74, 6) is 1.21. The second-order valence-electron chi connectivity index (χ2n) is 4.95. The topological polar surface area (TPSA) is 92.9 Å². The van der Waals surface area contributed by atoms with Crippen LogP contribution in [0.25, 0.3) is 11.5 Å². The van der Waals surface area contributed by atoms with Gasteiger partial charge in [0.15, 0.2) is 5.82 Å². The van der Waals surface area contributed by atoms with E-state index in [1.807, 2.05) is 24.3 Å². The Labute approximate surface area is 146 Å². The Kier molecular flexibility index (Phi) is 4.85. The van der Waals surface area contributed by atoms with Gasteiger partial charge in [0.25, 0.3) is 5.89 Å². The molecule has 1 aromatic carbocycles. The Balaban J connectivity index is 1.66. The minimum atomic E-state index is -0.185. The van der Waals surface area contributed by atoms with Crippen molar-refractivity contribution in [3.8, 4) is 11.5 Å². The Morgan fingerprint density at radius 2 is 2.04 bits per heavy atom. The van der Waals surface area contributed by atoms with Gasteiger partial charge >= 0.3 is 0 Å². The Hall–Kier alpha value is -2.74. The predicted molar refractivity (Wildman–Crippen MR) is 93.5 cm³/mol. The van der Waals surface area contributed by atoms with Gasteiger partial charge in [0.05, 0.1) is 12.1 Å². The van der Waals surface area contributed by atoms with E-state index in [2.05, 4.69) is 41.7 Å². The number of carbonyl (C=O) groups is 1. The van der Waals surface area contributed by atoms with E-state index < -0.39 is 0 Å². The van der Waals surface area contributed by atoms with Crippen molar-refractivity contribution in [1.29, 1.82) is 0 Å². The molecular weight excluding hydrogens is 374 g/mol. The molecule has 0 atom stereocenters. The second kappa shape index (κ2) is 7.22. The number of amides is 1. The van der Waals surface area contributed by atoms with Crippen LogP contribution in [0.1, 0.15) is 5.82 Å². The molecule has 24 heavy (non-hydrogen) atoms. The standard InChI is InChI=1S/C16H14BrN5O2/c1-10-20-16(24-22-10)13-3-2-8-18-15(13)19-9-14(23)21-12-6-4-11(17)5-7-12/h2-8H,9H2,1H3,(H,18,19)(H,21,23). The number of aromatic nitrogens is 3. The zero-order valence-electron chi connectivity index (χ0n) is 12.8. The first kappa shape index (κ1) is 16.1. The number of hydrogen-bond donors (Lipinski definition) is 2. The van der Waals surface area contributed by atoms with Crippen molar-refractivity contribution in [2.24, 2.45) is 0 Å². The summed E-state index contributed by atoms with van der Waals surface area (Å²) >= 11 is 3.35. The smallest absolute Gasteiger partial charge is 0.261 e. The zero-order valence-corrected chi connectivity index (χ0v) is 14.4. The van der Waals surface area contributed by atoms with Crippen LogP contribution in [0.2, 0.25) is 0 Å². The van der Waals surface area contributed by atoms with E-state index in [0.717, 1.165) is 10.2 Å². The molecule has 0 spiro atoms. The van der Waals surface area contributed by atoms with E-state index in [0.29, 0.717) is 23.1 Å². The van der Waals surface area contributed by atoms with Crippen LogP contribution in [0.4, 0.5) is 11.5 Å². The van der Waals surface area contributed by atoms with Gasteiger partial charge in [0, 0.05) is 16.4 Å². The average Bonchev–Trinajstić information content (AvgIpc) is 3.02. The summed E-state index contributed by atoms with van der Waals surface area (Å²) in [5.41, 5.74) is 1.37. The highest BCUT2D eigenvalue weighted by Crippen LogP contribution is 2.24. The van der Waals surface area contributed by atoms with Crippen molar-refractivity contribution in [3.05, 3.63) is 52.9 Å². The molecule has 0 radical (unpaired) electrons. The minimum absolute atomic E-state index is 0.0627. The molecule has 0 aliphatic rings. The molecule has 2 aromatic heterocycles. The molecule has 0 aliphatic carbocycles. The molecule has 3 aromatic rings. The number of benzene rings is 1. The first-order chi connectivity index (χ1) is 11.6. The third-order valence-electron chi connectivity index (χ3n) is 3.11. The fourth-order valence-corrected chi connectivity index (χ4v) is 2.29. The molecule has 1 amide bonds. The molecule has 3 rings (SSSR count). The van der Waals surface area contributed by atoms with E-state index >= 15 is 0 Å². The Morgan fingerprint density at radius 1 is 1.25 bits per heavy atom. The van der Waals surface area contributed by atoms with E-state index in [9.17, 15) is 4.79 Å². The van der Waals surface area contributed by atoms with Gasteiger partial charge in [-0.05, 0) is 43.3 Å². The number of rotatable bonds is 5. The number of nitrogens with zero attached hydrogens (tertiary/aromatic N) is 3. The molecule has 0 bridgehead atoms. The number of nitrogens with one attached hydrogen (secondary N) is 2. The van der Waals surface area contributed by atoms with Gasteiger partial charge in [-0.2, -0.15) is 4.98 Å². The van der Waals surface area contributed by atoms with Crippen molar-refractivity contribution >= 4 is 33.3 Å². The van der Waals surface area contributed by atoms with E-state index in [4.69, 9.17) is 4.52 Å². The van der Waals surface area contributed by atoms with Crippen LogP contribution in [0, 0.1) is 6.92 Å². The van der Waals surface area contributed by atoms with Crippen molar-refractivity contribution in [3.63, 3.8) is 0 Å². The SMILES string of the molecule is Cc1noc(-c2cccnc2NCC(=O)Nc2ccc(Br)cc2)n1. The number of hydrogen-bond acceptors (Lipinski definition) is 6. The van der Waals surface area contributed by atoms with E-state index in [1.165, 1.54) is 0 Å². The summed E-state index contributed by atoms with van der Waals surface area (Å²) in [6, 6.07) is 10.9. The summed E-state index contributed by atoms with van der Waals surface area (Å²) in [7, 11) is 0. The molecular formula is C16H14BrN5O2. The molecule has 122 valence electrons. The third-order valence-corrected chi connectivity index (χ3v) is 3.64. The van der Waals surface area contributed by atoms with Gasteiger partial charge in [0.2, 0.25) is 5.91 Å². The molecule has 2 heterocycles. The van der Waals surface area contributed by atoms with Gasteiger partial charge in [-0.15, -0.1) is 0 Å². The summed E-state index contributed by atoms with van der Waals surface area (Å²) < 4.78 is 6.11. The van der Waals surface area contributed by atoms with E-state index in [-0.39, 0.29) is 12.5 Å². The molecule has 0 aliphatic heterocycles. The molecule has 0 unspecified atom stereocenters. The maximum Gasteiger partial charge on any atom is 0.261 e. The highest BCUT2D eigenvalue weighted by molar-refractivity contribution is 9.10. The summed E-state index contributed by atoms with van der Waals surface area (Å²) in [5, 5.41) is 9.56. The van der Waals surface area contributed by atoms with Crippen molar-refractivity contribution in [2.75, 3.05) is 17.2 Å². The first-order valence-corrected chi connectivity index (χ1v) is 7.96. The predicted octanol–water partition coefficient (Wildman–Crippen LogP) is 3.25. The fraction of sp³-hybridized carbons (Fsp3) is 0.125. The van der Waals surface area contributed by atoms with Crippen LogP contribution in [0.15, 0.2) is 51.6 Å². The number of anilines is 2. The van der Waals surface area contributed by atoms with Crippen molar-refractivity contribution in [1.82, 2.24) is 15.1 Å². The molecule has 0 saturated carbocycles. The molecule has 2 N–H and O–H groups in total. The van der Waals surface area contributed by atoms with Crippen molar-refractivity contribution < 1.29 is 9.32 Å². The largest absolute Gasteiger partial charge is 0.360 e. The lowest BCUT2D eigenvalue weighted by molar-refractivity contribution is -0.114. The van der Waals surface area contributed by atoms with Crippen LogP contribution in [-0.2, 0) is 4.79 Å². The molecule has 0 fully saturated rings. The Morgan fingerprint density at radius 3 is 2.75 bits per heavy atom. The second-order valence-corrected chi connectivity index (χ2v) is 5.87. The quantitative estimate of drug-likeness (QED) is 0.697. The lowest BCUT2D eigenvalue weighted by Crippen LogP contribution is -2.22. The summed E-state index contributed by atoms with van der Waals surface area (Å²) in [6.07, 6.45) is 1.63. The first-order valence-electron chi connectivity index (χ1n) is 7.17. The highest BCUT2D eigenvalue weighted by atomic mass is 79.9. The minimum Gasteiger partial charge on any atom is -0.360 e. The van der Waals surface area contributed by atoms with Crippen LogP contribution in [0.5, 0.6) is 0 Å². The van der Waals surface area contributed by atoms with Gasteiger partial charge in [-0.3, -0.25) is 4.79 Å². The summed E-state index contributed by atoms with van der Waals surface area (Å²) in [6.45, 7) is 1.80. The van der Waals surface area contributed by atoms with Gasteiger partial charge in [-0.1, -0.05) is 21.1 Å². The van der Waals surface area contributed by atoms with Crippen LogP contribution < -0.4 is 10.6 Å². The Bertz CT molecular complexity index is 848. The lowest BCUT2D eigenvalue weighted by atomic mass is 10.2. The zero-order chi connectivity index (χ0) is 16.9. The molecule has 7 nitrogen and oxygen atoms in total. The van der Waals surface area contributed by atoms with Gasteiger partial charge < -0.3 is 15.2 Å². The number of pyridine rings is 1. The fourth-order valence-electron chi connectivity index (χ4n) is 2.03. The maximum absolute atomic E-state index is 12.1. The van der Waals surface area contributed by atoms with E-state index in [1.54, 1.807) is 25.3 Å². The van der Waals surface area contributed by atoms with Crippen LogP contribution in [0.3, 0.4) is 0 Å². The van der Waals surface area contributed by atoms with Gasteiger partial charge in [0.1, 0.15) is 5.82 Å². The summed E-state index contributed by atoms with van der Waals surface area (Å²) in [4.78, 5) is 20.5. The van der Waals surface area contributed by atoms with Gasteiger partial charge in [-0.25, -0.2) is 4.98 Å². The lowest BCUT2D eigenvalue weighted by Gasteiger charge is -2.09. The molecule has 0 saturated heterocycles.